The van der Waals surface area contributed by atoms with Gasteiger partial charge in [0.2, 0.25) is 0 Å². The molecule has 0 spiro atoms. The Labute approximate surface area is 122 Å². The molecular formula is C15H18N4O2. The summed E-state index contributed by atoms with van der Waals surface area (Å²) in [5, 5.41) is 16.8. The van der Waals surface area contributed by atoms with Gasteiger partial charge in [0.25, 0.3) is 5.91 Å². The summed E-state index contributed by atoms with van der Waals surface area (Å²) in [7, 11) is 0. The average molecular weight is 286 g/mol. The molecule has 0 radical (unpaired) electrons. The van der Waals surface area contributed by atoms with E-state index in [2.05, 4.69) is 15.2 Å². The molecule has 1 amide bonds. The van der Waals surface area contributed by atoms with Gasteiger partial charge in [-0.15, -0.1) is 0 Å². The lowest BCUT2D eigenvalue weighted by molar-refractivity contribution is 0.0447. The highest BCUT2D eigenvalue weighted by atomic mass is 16.3. The Kier molecular flexibility index (Phi) is 3.96. The van der Waals surface area contributed by atoms with Crippen molar-refractivity contribution in [3.8, 4) is 0 Å². The summed E-state index contributed by atoms with van der Waals surface area (Å²) in [6.07, 6.45) is 5.84. The van der Waals surface area contributed by atoms with Crippen molar-refractivity contribution in [3.05, 3.63) is 48.0 Å². The maximum absolute atomic E-state index is 12.2. The van der Waals surface area contributed by atoms with Crippen molar-refractivity contribution in [2.75, 3.05) is 13.1 Å². The summed E-state index contributed by atoms with van der Waals surface area (Å²) in [6.45, 7) is 1.30. The van der Waals surface area contributed by atoms with Crippen LogP contribution < -0.4 is 0 Å². The Bertz CT molecular complexity index is 577. The highest BCUT2D eigenvalue weighted by molar-refractivity contribution is 5.93. The van der Waals surface area contributed by atoms with E-state index in [1.807, 2.05) is 23.1 Å². The second-order valence-corrected chi connectivity index (χ2v) is 5.32. The highest BCUT2D eigenvalue weighted by Crippen LogP contribution is 2.30. The Balaban J connectivity index is 1.59. The molecule has 1 atom stereocenters. The van der Waals surface area contributed by atoms with E-state index in [1.165, 1.54) is 6.20 Å². The van der Waals surface area contributed by atoms with Crippen molar-refractivity contribution < 1.29 is 9.90 Å². The average Bonchev–Trinajstić information content (AvgIpc) is 3.09. The topological polar surface area (TPSA) is 82.1 Å². The summed E-state index contributed by atoms with van der Waals surface area (Å²) in [6, 6.07) is 5.55. The number of likely N-dealkylation sites (tertiary alicyclic amines) is 1. The molecule has 110 valence electrons. The van der Waals surface area contributed by atoms with E-state index in [0.717, 1.165) is 12.8 Å². The summed E-state index contributed by atoms with van der Waals surface area (Å²) < 4.78 is 0. The molecule has 0 aromatic carbocycles. The van der Waals surface area contributed by atoms with Crippen molar-refractivity contribution >= 4 is 5.91 Å². The second-order valence-electron chi connectivity index (χ2n) is 5.32. The Morgan fingerprint density at radius 2 is 2.19 bits per heavy atom. The highest BCUT2D eigenvalue weighted by Gasteiger charge is 2.29. The van der Waals surface area contributed by atoms with Gasteiger partial charge in [-0.25, -0.2) is 0 Å². The molecule has 1 aliphatic rings. The van der Waals surface area contributed by atoms with E-state index < -0.39 is 6.10 Å². The Morgan fingerprint density at radius 1 is 1.38 bits per heavy atom. The summed E-state index contributed by atoms with van der Waals surface area (Å²) >= 11 is 0. The minimum absolute atomic E-state index is 0.00507. The minimum atomic E-state index is -0.558. The number of pyridine rings is 1. The van der Waals surface area contributed by atoms with E-state index in [1.54, 1.807) is 12.4 Å². The van der Waals surface area contributed by atoms with Gasteiger partial charge in [-0.05, 0) is 30.9 Å². The number of nitrogens with zero attached hydrogens (tertiary/aromatic N) is 3. The summed E-state index contributed by atoms with van der Waals surface area (Å²) in [5.41, 5.74) is 1.29. The number of nitrogens with one attached hydrogen (secondary N) is 1. The molecule has 3 rings (SSSR count). The monoisotopic (exact) mass is 286 g/mol. The van der Waals surface area contributed by atoms with Crippen LogP contribution in [0.1, 0.15) is 35.0 Å². The standard InChI is InChI=1S/C15H18N4O2/c20-14(13-3-1-2-6-16-13)11-4-7-19(8-5-11)15(21)12-9-17-18-10-12/h1-3,6,9-11,14,20H,4-5,7-8H2,(H,17,18)/t14-/m0/s1. The molecule has 6 nitrogen and oxygen atoms in total. The fourth-order valence-electron chi connectivity index (χ4n) is 2.76. The van der Waals surface area contributed by atoms with Crippen LogP contribution in [-0.2, 0) is 0 Å². The van der Waals surface area contributed by atoms with Crippen LogP contribution >= 0.6 is 0 Å². The maximum Gasteiger partial charge on any atom is 0.257 e. The number of carbonyl (C=O) groups is 1. The predicted molar refractivity (Wildman–Crippen MR) is 76.4 cm³/mol. The van der Waals surface area contributed by atoms with Crippen LogP contribution in [0.4, 0.5) is 0 Å². The lowest BCUT2D eigenvalue weighted by atomic mass is 9.89. The fourth-order valence-corrected chi connectivity index (χ4v) is 2.76. The first-order valence-electron chi connectivity index (χ1n) is 7.13. The van der Waals surface area contributed by atoms with Gasteiger partial charge in [-0.3, -0.25) is 14.9 Å². The van der Waals surface area contributed by atoms with Crippen LogP contribution in [0.3, 0.4) is 0 Å². The number of aliphatic hydroxyl groups is 1. The maximum atomic E-state index is 12.2. The van der Waals surface area contributed by atoms with E-state index in [4.69, 9.17) is 0 Å². The van der Waals surface area contributed by atoms with Crippen molar-refractivity contribution in [3.63, 3.8) is 0 Å². The summed E-state index contributed by atoms with van der Waals surface area (Å²) in [4.78, 5) is 18.2. The van der Waals surface area contributed by atoms with Crippen LogP contribution in [0.25, 0.3) is 0 Å². The van der Waals surface area contributed by atoms with Crippen molar-refractivity contribution in [1.29, 1.82) is 0 Å². The van der Waals surface area contributed by atoms with Gasteiger partial charge in [0, 0.05) is 25.5 Å². The van der Waals surface area contributed by atoms with Gasteiger partial charge in [-0.1, -0.05) is 6.07 Å². The molecule has 6 heteroatoms. The van der Waals surface area contributed by atoms with E-state index in [9.17, 15) is 9.90 Å². The Hall–Kier alpha value is -2.21. The van der Waals surface area contributed by atoms with Gasteiger partial charge in [-0.2, -0.15) is 5.10 Å². The quantitative estimate of drug-likeness (QED) is 0.893. The number of aromatic amines is 1. The van der Waals surface area contributed by atoms with Gasteiger partial charge in [0.15, 0.2) is 0 Å². The van der Waals surface area contributed by atoms with Crippen LogP contribution in [0.15, 0.2) is 36.8 Å². The molecule has 0 saturated carbocycles. The first-order chi connectivity index (χ1) is 10.3. The molecule has 2 N–H and O–H groups in total. The molecule has 1 saturated heterocycles. The molecule has 0 unspecified atom stereocenters. The van der Waals surface area contributed by atoms with E-state index in [-0.39, 0.29) is 11.8 Å². The third-order valence-electron chi connectivity index (χ3n) is 4.01. The number of H-pyrrole nitrogens is 1. The smallest absolute Gasteiger partial charge is 0.257 e. The first-order valence-corrected chi connectivity index (χ1v) is 7.13. The lowest BCUT2D eigenvalue weighted by Gasteiger charge is -2.33. The SMILES string of the molecule is O=C(c1cn[nH]c1)N1CCC([C@H](O)c2ccccn2)CC1. The molecule has 0 bridgehead atoms. The number of aliphatic hydroxyl groups excluding tert-OH is 1. The number of hydrogen-bond acceptors (Lipinski definition) is 4. The third kappa shape index (κ3) is 2.95. The normalized spacial score (nSPS) is 17.7. The number of hydrogen-bond donors (Lipinski definition) is 2. The molecule has 2 aromatic rings. The number of piperidine rings is 1. The zero-order chi connectivity index (χ0) is 14.7. The number of rotatable bonds is 3. The van der Waals surface area contributed by atoms with Crippen LogP contribution in [0, 0.1) is 5.92 Å². The molecule has 1 aliphatic heterocycles. The van der Waals surface area contributed by atoms with Crippen molar-refractivity contribution in [2.24, 2.45) is 5.92 Å². The van der Waals surface area contributed by atoms with Crippen molar-refractivity contribution in [1.82, 2.24) is 20.1 Å². The molecule has 2 aromatic heterocycles. The molecule has 3 heterocycles. The molecule has 0 aliphatic carbocycles. The first kappa shape index (κ1) is 13.8. The van der Waals surface area contributed by atoms with Gasteiger partial charge < -0.3 is 10.0 Å². The molecule has 1 fully saturated rings. The number of aromatic nitrogens is 3. The minimum Gasteiger partial charge on any atom is -0.387 e. The summed E-state index contributed by atoms with van der Waals surface area (Å²) in [5.74, 6) is 0.142. The zero-order valence-electron chi connectivity index (χ0n) is 11.6. The largest absolute Gasteiger partial charge is 0.387 e. The van der Waals surface area contributed by atoms with E-state index >= 15 is 0 Å². The number of carbonyl (C=O) groups excluding carboxylic acids is 1. The predicted octanol–water partition coefficient (Wildman–Crippen LogP) is 1.39. The van der Waals surface area contributed by atoms with Gasteiger partial charge in [0.05, 0.1) is 23.6 Å². The second kappa shape index (κ2) is 6.05. The van der Waals surface area contributed by atoms with Crippen LogP contribution in [0.5, 0.6) is 0 Å². The zero-order valence-corrected chi connectivity index (χ0v) is 11.6. The van der Waals surface area contributed by atoms with Crippen LogP contribution in [0.2, 0.25) is 0 Å². The van der Waals surface area contributed by atoms with Gasteiger partial charge >= 0.3 is 0 Å². The lowest BCUT2D eigenvalue weighted by Crippen LogP contribution is -2.39. The fraction of sp³-hybridized carbons (Fsp3) is 0.400. The van der Waals surface area contributed by atoms with Crippen LogP contribution in [-0.4, -0.2) is 44.2 Å². The van der Waals surface area contributed by atoms with Crippen molar-refractivity contribution in [2.45, 2.75) is 18.9 Å². The molecule has 21 heavy (non-hydrogen) atoms. The number of amides is 1. The third-order valence-corrected chi connectivity index (χ3v) is 4.01. The molecular weight excluding hydrogens is 268 g/mol. The Morgan fingerprint density at radius 3 is 2.81 bits per heavy atom. The van der Waals surface area contributed by atoms with E-state index in [0.29, 0.717) is 24.3 Å². The van der Waals surface area contributed by atoms with Gasteiger partial charge in [0.1, 0.15) is 0 Å².